The van der Waals surface area contributed by atoms with Crippen molar-refractivity contribution in [3.63, 3.8) is 0 Å². The van der Waals surface area contributed by atoms with E-state index in [4.69, 9.17) is 12.2 Å². The van der Waals surface area contributed by atoms with Gasteiger partial charge in [0.15, 0.2) is 28.4 Å². The molecule has 0 radical (unpaired) electrons. The Morgan fingerprint density at radius 2 is 1.32 bits per heavy atom. The normalized spacial score (nSPS) is 13.7. The molecule has 3 aromatic rings. The standard InChI is InChI=1S/C29H27F5N4OS/c1-17(2)19-6-3-18(4-7-19)5-12-22(39)36-29(40)35-20-8-10-21(11-9-20)37-13-15-38(16-14-37)28-26(33)24(31)23(30)25(32)27(28)34/h3-12,17H,13-16H2,1-2H3,(H2,35,36,39,40)/b12-5+. The summed E-state index contributed by atoms with van der Waals surface area (Å²) in [6.45, 7) is 4.94. The van der Waals surface area contributed by atoms with Gasteiger partial charge in [-0.25, -0.2) is 22.0 Å². The maximum atomic E-state index is 14.2. The van der Waals surface area contributed by atoms with Crippen LogP contribution in [0, 0.1) is 29.1 Å². The fourth-order valence-corrected chi connectivity index (χ4v) is 4.51. The van der Waals surface area contributed by atoms with E-state index in [1.165, 1.54) is 11.6 Å². The minimum Gasteiger partial charge on any atom is -0.368 e. The summed E-state index contributed by atoms with van der Waals surface area (Å²) in [4.78, 5) is 15.3. The van der Waals surface area contributed by atoms with Gasteiger partial charge in [-0.1, -0.05) is 38.1 Å². The molecular weight excluding hydrogens is 547 g/mol. The Kier molecular flexibility index (Phi) is 9.03. The number of carbonyl (C=O) groups is 1. The fourth-order valence-electron chi connectivity index (χ4n) is 4.29. The van der Waals surface area contributed by atoms with Gasteiger partial charge < -0.3 is 15.1 Å². The highest BCUT2D eigenvalue weighted by Gasteiger charge is 2.30. The summed E-state index contributed by atoms with van der Waals surface area (Å²) in [7, 11) is 0. The monoisotopic (exact) mass is 574 g/mol. The Balaban J connectivity index is 1.29. The number of anilines is 3. The molecule has 210 valence electrons. The predicted octanol–water partition coefficient (Wildman–Crippen LogP) is 6.36. The molecule has 11 heteroatoms. The van der Waals surface area contributed by atoms with Crippen molar-refractivity contribution in [2.45, 2.75) is 19.8 Å². The van der Waals surface area contributed by atoms with Crippen molar-refractivity contribution in [3.8, 4) is 0 Å². The third kappa shape index (κ3) is 6.59. The highest BCUT2D eigenvalue weighted by molar-refractivity contribution is 7.80. The Morgan fingerprint density at radius 3 is 1.88 bits per heavy atom. The van der Waals surface area contributed by atoms with E-state index in [2.05, 4.69) is 24.5 Å². The van der Waals surface area contributed by atoms with Crippen LogP contribution in [0.25, 0.3) is 6.08 Å². The lowest BCUT2D eigenvalue weighted by Crippen LogP contribution is -2.47. The number of hydrogen-bond donors (Lipinski definition) is 2. The number of hydrogen-bond acceptors (Lipinski definition) is 4. The zero-order valence-electron chi connectivity index (χ0n) is 21.8. The van der Waals surface area contributed by atoms with Crippen LogP contribution in [0.2, 0.25) is 0 Å². The molecule has 0 spiro atoms. The van der Waals surface area contributed by atoms with Crippen LogP contribution in [0.15, 0.2) is 54.6 Å². The average Bonchev–Trinajstić information content (AvgIpc) is 2.95. The molecule has 4 rings (SSSR count). The number of thiocarbonyl (C=S) groups is 1. The molecule has 1 fully saturated rings. The van der Waals surface area contributed by atoms with E-state index in [1.807, 2.05) is 29.2 Å². The van der Waals surface area contributed by atoms with Crippen LogP contribution >= 0.6 is 12.2 Å². The second-order valence-electron chi connectivity index (χ2n) is 9.54. The molecule has 5 nitrogen and oxygen atoms in total. The molecule has 1 aliphatic heterocycles. The number of nitrogens with zero attached hydrogens (tertiary/aromatic N) is 2. The van der Waals surface area contributed by atoms with Crippen LogP contribution in [0.4, 0.5) is 39.0 Å². The van der Waals surface area contributed by atoms with Gasteiger partial charge in [-0.15, -0.1) is 0 Å². The molecule has 1 heterocycles. The van der Waals surface area contributed by atoms with E-state index in [0.29, 0.717) is 24.7 Å². The van der Waals surface area contributed by atoms with Crippen molar-refractivity contribution in [2.24, 2.45) is 0 Å². The van der Waals surface area contributed by atoms with Crippen LogP contribution in [-0.4, -0.2) is 37.2 Å². The van der Waals surface area contributed by atoms with Gasteiger partial charge >= 0.3 is 0 Å². The SMILES string of the molecule is CC(C)c1ccc(/C=C/C(=O)NC(=S)Nc2ccc(N3CCN(c4c(F)c(F)c(F)c(F)c4F)CC3)cc2)cc1. The van der Waals surface area contributed by atoms with Crippen LogP contribution in [-0.2, 0) is 4.79 Å². The second-order valence-corrected chi connectivity index (χ2v) is 9.95. The van der Waals surface area contributed by atoms with Gasteiger partial charge in [0.05, 0.1) is 0 Å². The van der Waals surface area contributed by atoms with Crippen LogP contribution in [0.5, 0.6) is 0 Å². The summed E-state index contributed by atoms with van der Waals surface area (Å²) in [6, 6.07) is 15.0. The summed E-state index contributed by atoms with van der Waals surface area (Å²) in [5.74, 6) is -9.71. The van der Waals surface area contributed by atoms with Gasteiger partial charge in [-0.05, 0) is 59.6 Å². The van der Waals surface area contributed by atoms with Crippen molar-refractivity contribution < 1.29 is 26.7 Å². The van der Waals surface area contributed by atoms with E-state index < -0.39 is 34.8 Å². The molecule has 40 heavy (non-hydrogen) atoms. The van der Waals surface area contributed by atoms with Gasteiger partial charge in [0, 0.05) is 43.6 Å². The van der Waals surface area contributed by atoms with Gasteiger partial charge in [0.2, 0.25) is 11.7 Å². The molecule has 0 aliphatic carbocycles. The maximum absolute atomic E-state index is 14.2. The highest BCUT2D eigenvalue weighted by atomic mass is 32.1. The molecule has 1 saturated heterocycles. The smallest absolute Gasteiger partial charge is 0.250 e. The molecule has 0 saturated carbocycles. The van der Waals surface area contributed by atoms with E-state index in [1.54, 1.807) is 30.3 Å². The minimum absolute atomic E-state index is 0.0594. The minimum atomic E-state index is -2.17. The van der Waals surface area contributed by atoms with Crippen molar-refractivity contribution in [1.29, 1.82) is 0 Å². The molecule has 3 aromatic carbocycles. The lowest BCUT2D eigenvalue weighted by molar-refractivity contribution is -0.115. The molecule has 0 bridgehead atoms. The third-order valence-electron chi connectivity index (χ3n) is 6.54. The first-order valence-corrected chi connectivity index (χ1v) is 13.0. The zero-order chi connectivity index (χ0) is 29.0. The largest absolute Gasteiger partial charge is 0.368 e. The number of carbonyl (C=O) groups excluding carboxylic acids is 1. The van der Waals surface area contributed by atoms with Crippen molar-refractivity contribution >= 4 is 46.4 Å². The van der Waals surface area contributed by atoms with Crippen LogP contribution < -0.4 is 20.4 Å². The maximum Gasteiger partial charge on any atom is 0.250 e. The van der Waals surface area contributed by atoms with Gasteiger partial charge in [0.1, 0.15) is 5.69 Å². The zero-order valence-corrected chi connectivity index (χ0v) is 22.6. The van der Waals surface area contributed by atoms with E-state index in [9.17, 15) is 26.7 Å². The molecule has 1 aliphatic rings. The Bertz CT molecular complexity index is 1390. The first kappa shape index (κ1) is 29.0. The van der Waals surface area contributed by atoms with Crippen LogP contribution in [0.1, 0.15) is 30.9 Å². The Hall–Kier alpha value is -3.99. The van der Waals surface area contributed by atoms with Gasteiger partial charge in [0.25, 0.3) is 0 Å². The summed E-state index contributed by atoms with van der Waals surface area (Å²) in [6.07, 6.45) is 3.09. The van der Waals surface area contributed by atoms with E-state index in [0.717, 1.165) is 16.2 Å². The van der Waals surface area contributed by atoms with Crippen LogP contribution in [0.3, 0.4) is 0 Å². The lowest BCUT2D eigenvalue weighted by Gasteiger charge is -2.37. The number of benzene rings is 3. The summed E-state index contributed by atoms with van der Waals surface area (Å²) >= 11 is 5.22. The number of amides is 1. The average molecular weight is 575 g/mol. The summed E-state index contributed by atoms with van der Waals surface area (Å²) < 4.78 is 68.9. The predicted molar refractivity (Wildman–Crippen MR) is 151 cm³/mol. The van der Waals surface area contributed by atoms with Crippen molar-refractivity contribution in [1.82, 2.24) is 5.32 Å². The summed E-state index contributed by atoms with van der Waals surface area (Å²) in [5, 5.41) is 5.64. The second kappa shape index (κ2) is 12.5. The molecule has 1 amide bonds. The Morgan fingerprint density at radius 1 is 0.800 bits per heavy atom. The third-order valence-corrected chi connectivity index (χ3v) is 6.74. The fraction of sp³-hybridized carbons (Fsp3) is 0.241. The van der Waals surface area contributed by atoms with E-state index >= 15 is 0 Å². The molecule has 0 unspecified atom stereocenters. The quantitative estimate of drug-likeness (QED) is 0.118. The number of halogens is 5. The van der Waals surface area contributed by atoms with Gasteiger partial charge in [-0.3, -0.25) is 10.1 Å². The summed E-state index contributed by atoms with van der Waals surface area (Å²) in [5.41, 5.74) is 2.61. The van der Waals surface area contributed by atoms with Crippen molar-refractivity contribution in [3.05, 3.63) is 94.8 Å². The molecule has 2 N–H and O–H groups in total. The van der Waals surface area contributed by atoms with Gasteiger partial charge in [-0.2, -0.15) is 0 Å². The van der Waals surface area contributed by atoms with E-state index in [-0.39, 0.29) is 24.1 Å². The molecule has 0 aromatic heterocycles. The molecular formula is C29H27F5N4OS. The van der Waals surface area contributed by atoms with Crippen molar-refractivity contribution in [2.75, 3.05) is 41.3 Å². The first-order chi connectivity index (χ1) is 19.0. The lowest BCUT2D eigenvalue weighted by atomic mass is 10.0. The highest BCUT2D eigenvalue weighted by Crippen LogP contribution is 2.31. The number of rotatable bonds is 6. The molecule has 0 atom stereocenters. The topological polar surface area (TPSA) is 47.6 Å². The Labute approximate surface area is 234 Å². The number of piperazine rings is 1. The first-order valence-electron chi connectivity index (χ1n) is 12.6. The number of nitrogens with one attached hydrogen (secondary N) is 2.